The molecule has 0 heterocycles. The molecule has 89 valence electrons. The Balaban J connectivity index is 3.46. The average molecular weight is 220 g/mol. The van der Waals surface area contributed by atoms with Crippen LogP contribution in [-0.2, 0) is 15.9 Å². The molecule has 0 unspecified atom stereocenters. The third kappa shape index (κ3) is 2.49. The highest BCUT2D eigenvalue weighted by Crippen LogP contribution is 2.39. The smallest absolute Gasteiger partial charge is 0.205 e. The first-order chi connectivity index (χ1) is 7.03. The molecule has 1 aromatic carbocycles. The molecule has 0 atom stereocenters. The van der Waals surface area contributed by atoms with Gasteiger partial charge >= 0.3 is 0 Å². The van der Waals surface area contributed by atoms with E-state index in [-0.39, 0.29) is 16.6 Å². The van der Waals surface area contributed by atoms with Crippen LogP contribution in [0, 0.1) is 0 Å². The van der Waals surface area contributed by atoms with Gasteiger partial charge in [0, 0.05) is 5.56 Å². The van der Waals surface area contributed by atoms with E-state index in [1.54, 1.807) is 6.07 Å². The van der Waals surface area contributed by atoms with Crippen molar-refractivity contribution in [3.8, 4) is 5.75 Å². The number of benzene rings is 1. The van der Waals surface area contributed by atoms with Gasteiger partial charge in [-0.15, -0.1) is 0 Å². The lowest BCUT2D eigenvalue weighted by molar-refractivity contribution is 0.342. The summed E-state index contributed by atoms with van der Waals surface area (Å²) in [4.78, 5) is 0. The van der Waals surface area contributed by atoms with E-state index in [1.165, 1.54) is 0 Å². The van der Waals surface area contributed by atoms with Crippen molar-refractivity contribution in [2.45, 2.75) is 52.4 Å². The summed E-state index contributed by atoms with van der Waals surface area (Å²) in [7, 11) is 0. The molecule has 2 heteroatoms. The van der Waals surface area contributed by atoms with Crippen molar-refractivity contribution >= 4 is 5.69 Å². The zero-order valence-corrected chi connectivity index (χ0v) is 11.1. The van der Waals surface area contributed by atoms with Crippen LogP contribution in [0.1, 0.15) is 52.7 Å². The van der Waals surface area contributed by atoms with E-state index < -0.39 is 0 Å². The van der Waals surface area contributed by atoms with Gasteiger partial charge in [0.05, 0.1) is 5.69 Å². The van der Waals surface area contributed by atoms with Crippen molar-refractivity contribution < 1.29 is 5.11 Å². The largest absolute Gasteiger partial charge is 0.396 e. The normalized spacial score (nSPS) is 12.9. The SMILES string of the molecule is CC(C)(C)c1cc(N)c([O])c(C(C)(C)C)c1. The van der Waals surface area contributed by atoms with E-state index in [9.17, 15) is 5.11 Å². The van der Waals surface area contributed by atoms with Crippen molar-refractivity contribution in [2.75, 3.05) is 5.73 Å². The minimum Gasteiger partial charge on any atom is -0.396 e. The fourth-order valence-corrected chi connectivity index (χ4v) is 1.64. The third-order valence-corrected chi connectivity index (χ3v) is 2.79. The predicted molar refractivity (Wildman–Crippen MR) is 68.4 cm³/mol. The Hall–Kier alpha value is -1.18. The number of hydrogen-bond donors (Lipinski definition) is 1. The van der Waals surface area contributed by atoms with Gasteiger partial charge in [-0.2, -0.15) is 0 Å². The van der Waals surface area contributed by atoms with E-state index in [2.05, 4.69) is 20.8 Å². The molecule has 1 radical (unpaired) electrons. The molecule has 0 aromatic heterocycles. The maximum Gasteiger partial charge on any atom is 0.205 e. The second-order valence-electron chi connectivity index (χ2n) is 6.44. The molecule has 0 aliphatic heterocycles. The highest BCUT2D eigenvalue weighted by atomic mass is 16.3. The van der Waals surface area contributed by atoms with Crippen molar-refractivity contribution in [3.63, 3.8) is 0 Å². The maximum absolute atomic E-state index is 12.0. The molecule has 0 bridgehead atoms. The van der Waals surface area contributed by atoms with Crippen LogP contribution >= 0.6 is 0 Å². The molecule has 1 aromatic rings. The van der Waals surface area contributed by atoms with Crippen LogP contribution < -0.4 is 5.73 Å². The van der Waals surface area contributed by atoms with E-state index in [0.717, 1.165) is 11.1 Å². The zero-order valence-electron chi connectivity index (χ0n) is 11.1. The Bertz CT molecular complexity index is 394. The summed E-state index contributed by atoms with van der Waals surface area (Å²) < 4.78 is 0. The average Bonchev–Trinajstić information content (AvgIpc) is 2.05. The standard InChI is InChI=1S/C14H22NO/c1-13(2,3)9-7-10(14(4,5)6)12(16)11(15)8-9/h7-8H,15H2,1-6H3. The van der Waals surface area contributed by atoms with Crippen LogP contribution in [0.3, 0.4) is 0 Å². The quantitative estimate of drug-likeness (QED) is 0.660. The van der Waals surface area contributed by atoms with Gasteiger partial charge < -0.3 is 5.73 Å². The molecule has 0 saturated carbocycles. The van der Waals surface area contributed by atoms with Gasteiger partial charge in [-0.1, -0.05) is 47.6 Å². The number of rotatable bonds is 0. The zero-order chi connectivity index (χ0) is 12.7. The van der Waals surface area contributed by atoms with Crippen LogP contribution in [0.5, 0.6) is 5.75 Å². The first-order valence-corrected chi connectivity index (χ1v) is 5.65. The minimum atomic E-state index is -0.160. The lowest BCUT2D eigenvalue weighted by Gasteiger charge is -2.25. The molecular formula is C14H22NO. The number of nitrogen functional groups attached to an aromatic ring is 1. The first kappa shape index (κ1) is 12.9. The van der Waals surface area contributed by atoms with Crippen molar-refractivity contribution in [2.24, 2.45) is 0 Å². The number of nitrogens with two attached hydrogens (primary N) is 1. The van der Waals surface area contributed by atoms with Gasteiger partial charge in [0.25, 0.3) is 0 Å². The highest BCUT2D eigenvalue weighted by molar-refractivity contribution is 5.60. The fraction of sp³-hybridized carbons (Fsp3) is 0.571. The highest BCUT2D eigenvalue weighted by Gasteiger charge is 2.24. The van der Waals surface area contributed by atoms with Crippen molar-refractivity contribution in [3.05, 3.63) is 23.3 Å². The Morgan fingerprint density at radius 1 is 0.938 bits per heavy atom. The van der Waals surface area contributed by atoms with Crippen molar-refractivity contribution in [1.29, 1.82) is 0 Å². The summed E-state index contributed by atoms with van der Waals surface area (Å²) in [6.45, 7) is 12.5. The predicted octanol–water partition coefficient (Wildman–Crippen LogP) is 4.01. The summed E-state index contributed by atoms with van der Waals surface area (Å²) in [5.41, 5.74) is 7.94. The monoisotopic (exact) mass is 220 g/mol. The van der Waals surface area contributed by atoms with E-state index >= 15 is 0 Å². The minimum absolute atomic E-state index is 0.0157. The van der Waals surface area contributed by atoms with Crippen LogP contribution in [0.2, 0.25) is 0 Å². The van der Waals surface area contributed by atoms with Crippen LogP contribution in [0.4, 0.5) is 5.69 Å². The van der Waals surface area contributed by atoms with Crippen molar-refractivity contribution in [1.82, 2.24) is 0 Å². The molecule has 0 aliphatic carbocycles. The molecule has 0 spiro atoms. The van der Waals surface area contributed by atoms with Gasteiger partial charge in [-0.25, -0.2) is 0 Å². The molecule has 0 saturated heterocycles. The maximum atomic E-state index is 12.0. The summed E-state index contributed by atoms with van der Waals surface area (Å²) in [5, 5.41) is 12.0. The molecule has 2 nitrogen and oxygen atoms in total. The second kappa shape index (κ2) is 3.69. The fourth-order valence-electron chi connectivity index (χ4n) is 1.64. The molecule has 2 N–H and O–H groups in total. The van der Waals surface area contributed by atoms with Crippen LogP contribution in [0.25, 0.3) is 0 Å². The summed E-state index contributed by atoms with van der Waals surface area (Å²) in [5.74, 6) is -0.0273. The van der Waals surface area contributed by atoms with Crippen LogP contribution in [-0.4, -0.2) is 0 Å². The molecule has 0 fully saturated rings. The summed E-state index contributed by atoms with van der Waals surface area (Å²) in [6, 6.07) is 3.80. The Labute approximate surface area is 98.5 Å². The molecule has 0 amide bonds. The number of anilines is 1. The van der Waals surface area contributed by atoms with Gasteiger partial charge in [-0.05, 0) is 22.5 Å². The number of hydrogen-bond acceptors (Lipinski definition) is 1. The Morgan fingerprint density at radius 2 is 1.44 bits per heavy atom. The van der Waals surface area contributed by atoms with Crippen LogP contribution in [0.15, 0.2) is 12.1 Å². The molecule has 16 heavy (non-hydrogen) atoms. The molecule has 1 rings (SSSR count). The Morgan fingerprint density at radius 3 is 1.81 bits per heavy atom. The van der Waals surface area contributed by atoms with Gasteiger partial charge in [0.2, 0.25) is 5.75 Å². The van der Waals surface area contributed by atoms with Gasteiger partial charge in [-0.3, -0.25) is 5.11 Å². The van der Waals surface area contributed by atoms with E-state index in [4.69, 9.17) is 5.73 Å². The Kier molecular flexibility index (Phi) is 2.97. The third-order valence-electron chi connectivity index (χ3n) is 2.79. The van der Waals surface area contributed by atoms with Gasteiger partial charge in [0.15, 0.2) is 0 Å². The van der Waals surface area contributed by atoms with E-state index in [0.29, 0.717) is 5.69 Å². The summed E-state index contributed by atoms with van der Waals surface area (Å²) >= 11 is 0. The van der Waals surface area contributed by atoms with E-state index in [1.807, 2.05) is 26.8 Å². The molecular weight excluding hydrogens is 198 g/mol. The first-order valence-electron chi connectivity index (χ1n) is 5.65. The lowest BCUT2D eigenvalue weighted by Crippen LogP contribution is -2.17. The second-order valence-corrected chi connectivity index (χ2v) is 6.44. The summed E-state index contributed by atoms with van der Waals surface area (Å²) in [6.07, 6.45) is 0. The lowest BCUT2D eigenvalue weighted by atomic mass is 9.80. The topological polar surface area (TPSA) is 45.9 Å². The molecule has 0 aliphatic rings. The van der Waals surface area contributed by atoms with Gasteiger partial charge in [0.1, 0.15) is 0 Å².